The van der Waals surface area contributed by atoms with Gasteiger partial charge in [0.05, 0.1) is 20.1 Å². The Labute approximate surface area is 253 Å². The Morgan fingerprint density at radius 3 is 1.29 bits per heavy atom. The first-order valence-electron chi connectivity index (χ1n) is 11.4. The molecule has 2 aromatic heterocycles. The summed E-state index contributed by atoms with van der Waals surface area (Å²) >= 11 is 13.5. The van der Waals surface area contributed by atoms with Crippen LogP contribution in [-0.4, -0.2) is 21.8 Å². The number of hydrogen-bond acceptors (Lipinski definition) is 4. The SMILES string of the molecule is Cc1c(Br)cc(C(=O)C[n+]2ccc(-c3cc[n+](CC(=O)c4cc(Br)c(C)c(Br)c4O)cc3)cc2)c(O)c1Br. The highest BCUT2D eigenvalue weighted by Crippen LogP contribution is 2.37. The van der Waals surface area contributed by atoms with E-state index in [0.29, 0.717) is 8.95 Å². The Kier molecular flexibility index (Phi) is 8.86. The van der Waals surface area contributed by atoms with E-state index < -0.39 is 0 Å². The molecule has 0 saturated heterocycles. The number of hydrogen-bond donors (Lipinski definition) is 2. The quantitative estimate of drug-likeness (QED) is 0.161. The molecule has 4 aromatic rings. The number of rotatable bonds is 7. The molecule has 2 aromatic carbocycles. The van der Waals surface area contributed by atoms with Gasteiger partial charge in [-0.15, -0.1) is 0 Å². The number of benzene rings is 2. The van der Waals surface area contributed by atoms with Crippen molar-refractivity contribution in [2.24, 2.45) is 0 Å². The van der Waals surface area contributed by atoms with Crippen molar-refractivity contribution >= 4 is 75.3 Å². The number of aromatic nitrogens is 2. The van der Waals surface area contributed by atoms with Crippen LogP contribution in [0.25, 0.3) is 11.1 Å². The highest BCUT2D eigenvalue weighted by Gasteiger charge is 2.22. The Bertz CT molecular complexity index is 1450. The smallest absolute Gasteiger partial charge is 0.231 e. The second-order valence-corrected chi connectivity index (χ2v) is 12.0. The van der Waals surface area contributed by atoms with Gasteiger partial charge in [-0.05, 0) is 80.1 Å². The van der Waals surface area contributed by atoms with E-state index in [-0.39, 0.29) is 47.3 Å². The van der Waals surface area contributed by atoms with Crippen molar-refractivity contribution in [3.63, 3.8) is 0 Å². The second-order valence-electron chi connectivity index (χ2n) is 8.75. The van der Waals surface area contributed by atoms with Crippen LogP contribution in [-0.2, 0) is 13.1 Å². The number of ketones is 2. The van der Waals surface area contributed by atoms with Gasteiger partial charge in [0.2, 0.25) is 24.7 Å². The van der Waals surface area contributed by atoms with Crippen molar-refractivity contribution in [1.82, 2.24) is 0 Å². The van der Waals surface area contributed by atoms with Crippen LogP contribution in [0.15, 0.2) is 79.1 Å². The third-order valence-electron chi connectivity index (χ3n) is 6.21. The number of aromatic hydroxyl groups is 2. The van der Waals surface area contributed by atoms with Crippen LogP contribution in [0.3, 0.4) is 0 Å². The van der Waals surface area contributed by atoms with Gasteiger partial charge in [-0.3, -0.25) is 9.59 Å². The molecule has 0 fully saturated rings. The number of phenols is 2. The van der Waals surface area contributed by atoms with Crippen molar-refractivity contribution in [1.29, 1.82) is 0 Å². The van der Waals surface area contributed by atoms with E-state index >= 15 is 0 Å². The maximum atomic E-state index is 12.8. The van der Waals surface area contributed by atoms with Crippen LogP contribution in [0.4, 0.5) is 0 Å². The predicted octanol–water partition coefficient (Wildman–Crippen LogP) is 6.77. The van der Waals surface area contributed by atoms with Crippen molar-refractivity contribution in [3.8, 4) is 22.6 Å². The monoisotopic (exact) mass is 766 g/mol. The highest BCUT2D eigenvalue weighted by atomic mass is 79.9. The maximum Gasteiger partial charge on any atom is 0.231 e. The van der Waals surface area contributed by atoms with Crippen LogP contribution in [0, 0.1) is 13.8 Å². The van der Waals surface area contributed by atoms with Gasteiger partial charge in [0.25, 0.3) is 0 Å². The van der Waals surface area contributed by atoms with Crippen LogP contribution in [0.2, 0.25) is 0 Å². The average molecular weight is 770 g/mol. The molecule has 4 rings (SSSR count). The molecular weight excluding hydrogens is 748 g/mol. The van der Waals surface area contributed by atoms with Gasteiger partial charge in [0.15, 0.2) is 24.8 Å². The average Bonchev–Trinajstić information content (AvgIpc) is 2.91. The summed E-state index contributed by atoms with van der Waals surface area (Å²) in [6.07, 6.45) is 7.23. The van der Waals surface area contributed by atoms with E-state index in [2.05, 4.69) is 63.7 Å². The Morgan fingerprint density at radius 1 is 0.658 bits per heavy atom. The first kappa shape index (κ1) is 28.6. The predicted molar refractivity (Wildman–Crippen MR) is 157 cm³/mol. The summed E-state index contributed by atoms with van der Waals surface area (Å²) in [5, 5.41) is 20.8. The molecule has 6 nitrogen and oxygen atoms in total. The molecule has 10 heteroatoms. The normalized spacial score (nSPS) is 11.0. The largest absolute Gasteiger partial charge is 0.506 e. The Hall–Kier alpha value is -2.40. The fourth-order valence-electron chi connectivity index (χ4n) is 3.85. The number of carbonyl (C=O) groups excluding carboxylic acids is 2. The molecule has 0 radical (unpaired) electrons. The summed E-state index contributed by atoms with van der Waals surface area (Å²) in [5.74, 6) is -0.569. The first-order chi connectivity index (χ1) is 18.0. The molecular formula is C28H22Br4N2O4+2. The van der Waals surface area contributed by atoms with E-state index in [1.165, 1.54) is 0 Å². The number of pyridine rings is 2. The third-order valence-corrected chi connectivity index (χ3v) is 9.80. The van der Waals surface area contributed by atoms with Crippen molar-refractivity contribution in [2.75, 3.05) is 0 Å². The number of Topliss-reactive ketones (excluding diaryl/α,β-unsaturated/α-hetero) is 2. The van der Waals surface area contributed by atoms with Gasteiger partial charge in [0.1, 0.15) is 11.5 Å². The molecule has 0 aliphatic rings. The zero-order valence-corrected chi connectivity index (χ0v) is 26.6. The molecule has 194 valence electrons. The molecule has 38 heavy (non-hydrogen) atoms. The van der Waals surface area contributed by atoms with E-state index in [0.717, 1.165) is 31.2 Å². The van der Waals surface area contributed by atoms with Gasteiger partial charge in [-0.2, -0.15) is 9.13 Å². The van der Waals surface area contributed by atoms with Crippen LogP contribution in [0.1, 0.15) is 31.8 Å². The number of phenolic OH excluding ortho intramolecular Hbond substituents is 2. The number of nitrogens with zero attached hydrogens (tertiary/aromatic N) is 2. The molecule has 2 heterocycles. The Morgan fingerprint density at radius 2 is 0.974 bits per heavy atom. The van der Waals surface area contributed by atoms with Gasteiger partial charge < -0.3 is 10.2 Å². The summed E-state index contributed by atoms with van der Waals surface area (Å²) in [4.78, 5) is 25.7. The topological polar surface area (TPSA) is 82.4 Å². The van der Waals surface area contributed by atoms with E-state index in [9.17, 15) is 19.8 Å². The van der Waals surface area contributed by atoms with Crippen molar-refractivity contribution < 1.29 is 28.9 Å². The third kappa shape index (κ3) is 5.93. The molecule has 0 spiro atoms. The minimum Gasteiger partial charge on any atom is -0.506 e. The highest BCUT2D eigenvalue weighted by molar-refractivity contribution is 9.11. The summed E-state index contributed by atoms with van der Waals surface area (Å²) in [6.45, 7) is 3.83. The molecule has 0 atom stereocenters. The second kappa shape index (κ2) is 11.8. The van der Waals surface area contributed by atoms with Gasteiger partial charge >= 0.3 is 0 Å². The Balaban J connectivity index is 1.45. The zero-order valence-electron chi connectivity index (χ0n) is 20.3. The van der Waals surface area contributed by atoms with E-state index in [4.69, 9.17) is 0 Å². The molecule has 0 amide bonds. The summed E-state index contributed by atoms with van der Waals surface area (Å²) in [6, 6.07) is 10.9. The lowest BCUT2D eigenvalue weighted by atomic mass is 10.1. The van der Waals surface area contributed by atoms with Crippen LogP contribution in [0.5, 0.6) is 11.5 Å². The molecule has 0 unspecified atom stereocenters. The summed E-state index contributed by atoms with van der Waals surface area (Å²) in [7, 11) is 0. The number of halogens is 4. The maximum absolute atomic E-state index is 12.8. The minimum absolute atomic E-state index is 0.0677. The van der Waals surface area contributed by atoms with Gasteiger partial charge in [-0.1, -0.05) is 31.9 Å². The molecule has 0 saturated carbocycles. The van der Waals surface area contributed by atoms with Crippen molar-refractivity contribution in [2.45, 2.75) is 26.9 Å². The summed E-state index contributed by atoms with van der Waals surface area (Å²) < 4.78 is 5.97. The lowest BCUT2D eigenvalue weighted by molar-refractivity contribution is -0.683. The van der Waals surface area contributed by atoms with Gasteiger partial charge in [0, 0.05) is 33.2 Å². The van der Waals surface area contributed by atoms with Crippen molar-refractivity contribution in [3.05, 3.63) is 101 Å². The van der Waals surface area contributed by atoms with E-state index in [1.807, 2.05) is 62.9 Å². The molecule has 2 N–H and O–H groups in total. The van der Waals surface area contributed by atoms with E-state index in [1.54, 1.807) is 21.3 Å². The number of carbonyl (C=O) groups is 2. The molecule has 0 aliphatic heterocycles. The lowest BCUT2D eigenvalue weighted by Gasteiger charge is -2.09. The fourth-order valence-corrected chi connectivity index (χ4v) is 6.09. The summed E-state index contributed by atoms with van der Waals surface area (Å²) in [5.41, 5.74) is 4.01. The molecule has 0 bridgehead atoms. The van der Waals surface area contributed by atoms with Crippen LogP contribution < -0.4 is 9.13 Å². The zero-order chi connectivity index (χ0) is 27.7. The first-order valence-corrected chi connectivity index (χ1v) is 14.5. The lowest BCUT2D eigenvalue weighted by Crippen LogP contribution is -2.37. The minimum atomic E-state index is -0.217. The van der Waals surface area contributed by atoms with Gasteiger partial charge in [-0.25, -0.2) is 0 Å². The standard InChI is InChI=1S/C28H20Br4N2O4/c1-15-21(29)11-19(27(37)25(15)31)23(35)13-33-7-3-17(4-8-33)18-5-9-34(10-6-18)14-24(36)20-12-22(30)16(2)26(32)28(20)38/h3-12H,13-14H2,1-2H3/p+2. The molecule has 0 aliphatic carbocycles. The fraction of sp³-hybridized carbons (Fsp3) is 0.143. The van der Waals surface area contributed by atoms with Crippen LogP contribution >= 0.6 is 63.7 Å².